The molecule has 86 valence electrons. The summed E-state index contributed by atoms with van der Waals surface area (Å²) >= 11 is 0. The van der Waals surface area contributed by atoms with Crippen LogP contribution in [0.4, 0.5) is 17.6 Å². The van der Waals surface area contributed by atoms with Gasteiger partial charge in [-0.3, -0.25) is 0 Å². The van der Waals surface area contributed by atoms with Gasteiger partial charge in [-0.2, -0.15) is 13.2 Å². The number of terminal acetylenes is 1. The lowest BCUT2D eigenvalue weighted by Gasteiger charge is -2.19. The number of benzene rings is 1. The average Bonchev–Trinajstić information content (AvgIpc) is 2.16. The van der Waals surface area contributed by atoms with E-state index in [1.807, 2.05) is 0 Å². The quantitative estimate of drug-likeness (QED) is 0.509. The maximum absolute atomic E-state index is 13.5. The summed E-state index contributed by atoms with van der Waals surface area (Å²) in [6.07, 6.45) is 0.650. The largest absolute Gasteiger partial charge is 0.416 e. The van der Waals surface area contributed by atoms with E-state index < -0.39 is 23.0 Å². The zero-order chi connectivity index (χ0) is 12.6. The Morgan fingerprint density at radius 2 is 1.75 bits per heavy atom. The third kappa shape index (κ3) is 2.35. The Bertz CT molecular complexity index is 435. The van der Waals surface area contributed by atoms with Gasteiger partial charge in [0.25, 0.3) is 0 Å². The molecule has 1 rings (SSSR count). The van der Waals surface area contributed by atoms with Gasteiger partial charge in [-0.05, 0) is 26.0 Å². The Hall–Kier alpha value is -1.50. The Balaban J connectivity index is 3.27. The summed E-state index contributed by atoms with van der Waals surface area (Å²) in [5, 5.41) is 0. The summed E-state index contributed by atoms with van der Waals surface area (Å²) < 4.78 is 50.3. The maximum atomic E-state index is 13.5. The molecular weight excluding hydrogens is 220 g/mol. The topological polar surface area (TPSA) is 0 Å². The molecular formula is C12H10F4. The average molecular weight is 230 g/mol. The van der Waals surface area contributed by atoms with Crippen LogP contribution in [0.25, 0.3) is 0 Å². The van der Waals surface area contributed by atoms with Gasteiger partial charge in [0.05, 0.1) is 11.0 Å². The van der Waals surface area contributed by atoms with E-state index in [4.69, 9.17) is 6.42 Å². The van der Waals surface area contributed by atoms with Crippen molar-refractivity contribution in [3.8, 4) is 12.3 Å². The van der Waals surface area contributed by atoms with Crippen molar-refractivity contribution in [3.05, 3.63) is 35.1 Å². The van der Waals surface area contributed by atoms with Crippen molar-refractivity contribution in [2.75, 3.05) is 0 Å². The van der Waals surface area contributed by atoms with Crippen LogP contribution >= 0.6 is 0 Å². The molecule has 0 fully saturated rings. The molecule has 0 spiro atoms. The maximum Gasteiger partial charge on any atom is 0.416 e. The highest BCUT2D eigenvalue weighted by Gasteiger charge is 2.32. The molecule has 0 nitrogen and oxygen atoms in total. The first-order valence-electron chi connectivity index (χ1n) is 4.53. The molecule has 4 heteroatoms. The van der Waals surface area contributed by atoms with E-state index in [1.165, 1.54) is 0 Å². The van der Waals surface area contributed by atoms with Crippen LogP contribution < -0.4 is 0 Å². The Kier molecular flexibility index (Phi) is 3.00. The van der Waals surface area contributed by atoms with Crippen molar-refractivity contribution in [1.82, 2.24) is 0 Å². The van der Waals surface area contributed by atoms with Gasteiger partial charge in [-0.1, -0.05) is 12.0 Å². The number of alkyl halides is 3. The summed E-state index contributed by atoms with van der Waals surface area (Å²) in [5.74, 6) is 1.40. The Labute approximate surface area is 91.3 Å². The van der Waals surface area contributed by atoms with Gasteiger partial charge >= 0.3 is 6.18 Å². The van der Waals surface area contributed by atoms with Gasteiger partial charge in [0.2, 0.25) is 0 Å². The van der Waals surface area contributed by atoms with Crippen LogP contribution in [-0.2, 0) is 11.6 Å². The normalized spacial score (nSPS) is 12.3. The van der Waals surface area contributed by atoms with E-state index in [1.54, 1.807) is 13.8 Å². The lowest BCUT2D eigenvalue weighted by molar-refractivity contribution is -0.137. The summed E-state index contributed by atoms with van der Waals surface area (Å²) in [5.41, 5.74) is -1.85. The van der Waals surface area contributed by atoms with E-state index in [0.29, 0.717) is 6.07 Å². The molecule has 0 aromatic heterocycles. The molecule has 0 aliphatic carbocycles. The number of hydrogen-bond acceptors (Lipinski definition) is 0. The smallest absolute Gasteiger partial charge is 0.207 e. The fraction of sp³-hybridized carbons (Fsp3) is 0.333. The Morgan fingerprint density at radius 3 is 2.12 bits per heavy atom. The van der Waals surface area contributed by atoms with E-state index >= 15 is 0 Å². The molecule has 0 heterocycles. The molecule has 0 atom stereocenters. The minimum absolute atomic E-state index is 0.0861. The van der Waals surface area contributed by atoms with E-state index in [0.717, 1.165) is 12.1 Å². The second-order valence-electron chi connectivity index (χ2n) is 3.96. The van der Waals surface area contributed by atoms with Crippen molar-refractivity contribution < 1.29 is 17.6 Å². The lowest BCUT2D eigenvalue weighted by atomic mass is 9.85. The highest BCUT2D eigenvalue weighted by molar-refractivity contribution is 5.36. The second-order valence-corrected chi connectivity index (χ2v) is 3.96. The third-order valence-electron chi connectivity index (χ3n) is 2.33. The van der Waals surface area contributed by atoms with Crippen LogP contribution in [0.2, 0.25) is 0 Å². The number of rotatable bonds is 1. The van der Waals surface area contributed by atoms with Crippen LogP contribution in [0.1, 0.15) is 25.0 Å². The lowest BCUT2D eigenvalue weighted by Crippen LogP contribution is -2.17. The molecule has 0 N–H and O–H groups in total. The van der Waals surface area contributed by atoms with Gasteiger partial charge in [0.15, 0.2) is 0 Å². The molecule has 0 unspecified atom stereocenters. The van der Waals surface area contributed by atoms with Gasteiger partial charge in [-0.25, -0.2) is 4.39 Å². The van der Waals surface area contributed by atoms with E-state index in [9.17, 15) is 17.6 Å². The molecule has 0 saturated carbocycles. The minimum Gasteiger partial charge on any atom is -0.207 e. The minimum atomic E-state index is -4.54. The van der Waals surface area contributed by atoms with Crippen LogP contribution in [0, 0.1) is 18.2 Å². The summed E-state index contributed by atoms with van der Waals surface area (Å²) in [4.78, 5) is 0. The first-order valence-corrected chi connectivity index (χ1v) is 4.53. The summed E-state index contributed by atoms with van der Waals surface area (Å²) in [6, 6.07) is 2.38. The molecule has 1 aromatic carbocycles. The molecule has 16 heavy (non-hydrogen) atoms. The van der Waals surface area contributed by atoms with Crippen LogP contribution in [-0.4, -0.2) is 0 Å². The third-order valence-corrected chi connectivity index (χ3v) is 2.33. The van der Waals surface area contributed by atoms with Crippen molar-refractivity contribution in [2.24, 2.45) is 0 Å². The standard InChI is InChI=1S/C12H10F4/c1-4-11(2,3)9-6-5-8(7-10(9)13)12(14,15)16/h1,5-7H,2-3H3. The zero-order valence-corrected chi connectivity index (χ0v) is 8.82. The van der Waals surface area contributed by atoms with Crippen molar-refractivity contribution >= 4 is 0 Å². The fourth-order valence-corrected chi connectivity index (χ4v) is 1.28. The molecule has 0 amide bonds. The van der Waals surface area contributed by atoms with Crippen LogP contribution in [0.5, 0.6) is 0 Å². The van der Waals surface area contributed by atoms with Crippen molar-refractivity contribution in [2.45, 2.75) is 25.4 Å². The summed E-state index contributed by atoms with van der Waals surface area (Å²) in [7, 11) is 0. The van der Waals surface area contributed by atoms with Crippen LogP contribution in [0.15, 0.2) is 18.2 Å². The van der Waals surface area contributed by atoms with E-state index in [2.05, 4.69) is 5.92 Å². The van der Waals surface area contributed by atoms with E-state index in [-0.39, 0.29) is 5.56 Å². The Morgan fingerprint density at radius 1 is 1.19 bits per heavy atom. The highest BCUT2D eigenvalue weighted by Crippen LogP contribution is 2.33. The molecule has 1 aromatic rings. The molecule has 0 aliphatic heterocycles. The molecule has 0 bridgehead atoms. The number of hydrogen-bond donors (Lipinski definition) is 0. The molecule has 0 radical (unpaired) electrons. The monoisotopic (exact) mass is 230 g/mol. The van der Waals surface area contributed by atoms with Crippen LogP contribution in [0.3, 0.4) is 0 Å². The zero-order valence-electron chi connectivity index (χ0n) is 8.82. The predicted octanol–water partition coefficient (Wildman–Crippen LogP) is 3.76. The van der Waals surface area contributed by atoms with Crippen molar-refractivity contribution in [1.29, 1.82) is 0 Å². The van der Waals surface area contributed by atoms with Gasteiger partial charge in [0, 0.05) is 5.56 Å². The predicted molar refractivity (Wildman–Crippen MR) is 53.3 cm³/mol. The first kappa shape index (κ1) is 12.6. The van der Waals surface area contributed by atoms with Crippen molar-refractivity contribution in [3.63, 3.8) is 0 Å². The fourth-order valence-electron chi connectivity index (χ4n) is 1.28. The van der Waals surface area contributed by atoms with Gasteiger partial charge in [-0.15, -0.1) is 6.42 Å². The second kappa shape index (κ2) is 3.82. The number of halogens is 4. The molecule has 0 saturated heterocycles. The first-order chi connectivity index (χ1) is 7.18. The van der Waals surface area contributed by atoms with Gasteiger partial charge < -0.3 is 0 Å². The highest BCUT2D eigenvalue weighted by atomic mass is 19.4. The van der Waals surface area contributed by atoms with Gasteiger partial charge in [0.1, 0.15) is 5.82 Å². The molecule has 0 aliphatic rings. The summed E-state index contributed by atoms with van der Waals surface area (Å²) in [6.45, 7) is 3.14. The SMILES string of the molecule is C#CC(C)(C)c1ccc(C(F)(F)F)cc1F.